The molecule has 2 aromatic rings. The molecule has 0 fully saturated rings. The molecule has 0 aliphatic heterocycles. The molecule has 2 aromatic carbocycles. The zero-order valence-electron chi connectivity index (χ0n) is 18.2. The van der Waals surface area contributed by atoms with E-state index < -0.39 is 18.1 Å². The van der Waals surface area contributed by atoms with Crippen molar-refractivity contribution >= 4 is 12.1 Å². The molecule has 1 aliphatic rings. The Balaban J connectivity index is 1.61. The maximum Gasteiger partial charge on any atom is 0.407 e. The topological polar surface area (TPSA) is 96.9 Å². The fraction of sp³-hybridized carbons (Fsp3) is 0.417. The van der Waals surface area contributed by atoms with Gasteiger partial charge in [-0.2, -0.15) is 0 Å². The first kappa shape index (κ1) is 22.8. The van der Waals surface area contributed by atoms with Crippen LogP contribution < -0.4 is 10.6 Å². The Labute approximate surface area is 182 Å². The van der Waals surface area contributed by atoms with Gasteiger partial charge in [-0.25, -0.2) is 4.79 Å². The van der Waals surface area contributed by atoms with Crippen LogP contribution >= 0.6 is 0 Å². The van der Waals surface area contributed by atoms with Crippen LogP contribution in [-0.2, 0) is 14.3 Å². The third-order valence-corrected chi connectivity index (χ3v) is 5.05. The van der Waals surface area contributed by atoms with E-state index in [4.69, 9.17) is 14.6 Å². The number of carbonyl (C=O) groups is 2. The maximum absolute atomic E-state index is 12.5. The van der Waals surface area contributed by atoms with Crippen molar-refractivity contribution in [2.45, 2.75) is 38.3 Å². The SMILES string of the molecule is CC(C)(C)OC[C@H](CNCC(=O)O)NC(=O)OCC1c2ccccc2-c2ccccc21. The van der Waals surface area contributed by atoms with Crippen molar-refractivity contribution in [1.82, 2.24) is 10.6 Å². The van der Waals surface area contributed by atoms with Crippen molar-refractivity contribution in [2.75, 3.05) is 26.3 Å². The fourth-order valence-electron chi connectivity index (χ4n) is 3.66. The van der Waals surface area contributed by atoms with Crippen LogP contribution in [0.1, 0.15) is 37.8 Å². The van der Waals surface area contributed by atoms with Crippen molar-refractivity contribution in [1.29, 1.82) is 0 Å². The molecule has 7 nitrogen and oxygen atoms in total. The summed E-state index contributed by atoms with van der Waals surface area (Å²) >= 11 is 0. The lowest BCUT2D eigenvalue weighted by atomic mass is 9.98. The number of rotatable bonds is 9. The Morgan fingerprint density at radius 1 is 1.03 bits per heavy atom. The van der Waals surface area contributed by atoms with Crippen LogP contribution in [0.3, 0.4) is 0 Å². The van der Waals surface area contributed by atoms with Gasteiger partial charge in [0.05, 0.1) is 24.8 Å². The molecule has 3 rings (SSSR count). The Morgan fingerprint density at radius 3 is 2.16 bits per heavy atom. The number of carboxylic acid groups (broad SMARTS) is 1. The summed E-state index contributed by atoms with van der Waals surface area (Å²) in [6.45, 7) is 6.27. The highest BCUT2D eigenvalue weighted by Gasteiger charge is 2.29. The Bertz CT molecular complexity index is 877. The highest BCUT2D eigenvalue weighted by Crippen LogP contribution is 2.44. The van der Waals surface area contributed by atoms with Crippen molar-refractivity contribution < 1.29 is 24.2 Å². The molecule has 1 aliphatic carbocycles. The molecule has 1 amide bonds. The molecule has 0 aromatic heterocycles. The van der Waals surface area contributed by atoms with Gasteiger partial charge in [0.25, 0.3) is 0 Å². The average Bonchev–Trinajstić information content (AvgIpc) is 3.03. The minimum absolute atomic E-state index is 0.0208. The van der Waals surface area contributed by atoms with E-state index in [2.05, 4.69) is 34.9 Å². The minimum Gasteiger partial charge on any atom is -0.480 e. The van der Waals surface area contributed by atoms with E-state index in [1.807, 2.05) is 45.0 Å². The predicted molar refractivity (Wildman–Crippen MR) is 118 cm³/mol. The number of nitrogens with one attached hydrogen (secondary N) is 2. The largest absolute Gasteiger partial charge is 0.480 e. The molecule has 3 N–H and O–H groups in total. The van der Waals surface area contributed by atoms with Gasteiger partial charge in [-0.1, -0.05) is 48.5 Å². The van der Waals surface area contributed by atoms with E-state index in [1.165, 1.54) is 11.1 Å². The summed E-state index contributed by atoms with van der Waals surface area (Å²) in [6, 6.07) is 15.9. The number of carboxylic acids is 1. The van der Waals surface area contributed by atoms with Crippen LogP contribution in [0.4, 0.5) is 4.79 Å². The summed E-state index contributed by atoms with van der Waals surface area (Å²) in [7, 11) is 0. The lowest BCUT2D eigenvalue weighted by Crippen LogP contribution is -2.47. The van der Waals surface area contributed by atoms with E-state index in [0.29, 0.717) is 0 Å². The van der Waals surface area contributed by atoms with Gasteiger partial charge in [0.1, 0.15) is 6.61 Å². The molecule has 0 bridgehead atoms. The maximum atomic E-state index is 12.5. The number of hydrogen-bond donors (Lipinski definition) is 3. The van der Waals surface area contributed by atoms with E-state index in [9.17, 15) is 9.59 Å². The number of amides is 1. The molecule has 0 radical (unpaired) electrons. The second kappa shape index (κ2) is 9.94. The molecular formula is C24H30N2O5. The molecule has 31 heavy (non-hydrogen) atoms. The summed E-state index contributed by atoms with van der Waals surface area (Å²) in [6.07, 6.45) is -0.554. The zero-order chi connectivity index (χ0) is 22.4. The number of aliphatic carboxylic acids is 1. The van der Waals surface area contributed by atoms with Crippen molar-refractivity contribution in [3.05, 3.63) is 59.7 Å². The third kappa shape index (κ3) is 6.29. The predicted octanol–water partition coefficient (Wildman–Crippen LogP) is 3.38. The van der Waals surface area contributed by atoms with Gasteiger partial charge >= 0.3 is 12.1 Å². The van der Waals surface area contributed by atoms with Gasteiger partial charge < -0.3 is 25.2 Å². The van der Waals surface area contributed by atoms with Crippen molar-refractivity contribution in [2.24, 2.45) is 0 Å². The lowest BCUT2D eigenvalue weighted by molar-refractivity contribution is -0.136. The number of fused-ring (bicyclic) bond motifs is 3. The highest BCUT2D eigenvalue weighted by molar-refractivity contribution is 5.79. The van der Waals surface area contributed by atoms with Gasteiger partial charge in [-0.15, -0.1) is 0 Å². The van der Waals surface area contributed by atoms with Gasteiger partial charge in [0.2, 0.25) is 0 Å². The summed E-state index contributed by atoms with van der Waals surface area (Å²) in [5.41, 5.74) is 4.25. The van der Waals surface area contributed by atoms with Crippen LogP contribution in [0.5, 0.6) is 0 Å². The van der Waals surface area contributed by atoms with Crippen LogP contribution in [0.2, 0.25) is 0 Å². The van der Waals surface area contributed by atoms with Gasteiger partial charge in [0.15, 0.2) is 0 Å². The van der Waals surface area contributed by atoms with Gasteiger partial charge in [-0.3, -0.25) is 4.79 Å². The van der Waals surface area contributed by atoms with Gasteiger partial charge in [-0.05, 0) is 43.0 Å². The van der Waals surface area contributed by atoms with Crippen LogP contribution in [0.15, 0.2) is 48.5 Å². The Morgan fingerprint density at radius 2 is 1.61 bits per heavy atom. The standard InChI is InChI=1S/C24H30N2O5/c1-24(2,3)31-14-16(12-25-13-22(27)28)26-23(29)30-15-21-19-10-6-4-8-17(19)18-9-5-7-11-20(18)21/h4-11,16,21,25H,12-15H2,1-3H3,(H,26,29)(H,27,28)/t16-/m0/s1. The zero-order valence-corrected chi connectivity index (χ0v) is 18.2. The van der Waals surface area contributed by atoms with E-state index in [0.717, 1.165) is 11.1 Å². The molecular weight excluding hydrogens is 396 g/mol. The van der Waals surface area contributed by atoms with Crippen LogP contribution in [0, 0.1) is 0 Å². The Hall–Kier alpha value is -2.90. The average molecular weight is 427 g/mol. The Kier molecular flexibility index (Phi) is 7.30. The molecule has 7 heteroatoms. The van der Waals surface area contributed by atoms with Crippen molar-refractivity contribution in [3.8, 4) is 11.1 Å². The molecule has 1 atom stereocenters. The van der Waals surface area contributed by atoms with Crippen molar-refractivity contribution in [3.63, 3.8) is 0 Å². The quantitative estimate of drug-likeness (QED) is 0.569. The van der Waals surface area contributed by atoms with E-state index in [-0.39, 0.29) is 37.8 Å². The second-order valence-corrected chi connectivity index (χ2v) is 8.61. The van der Waals surface area contributed by atoms with E-state index >= 15 is 0 Å². The minimum atomic E-state index is -0.961. The molecule has 0 saturated carbocycles. The molecule has 166 valence electrons. The number of alkyl carbamates (subject to hydrolysis) is 1. The normalized spacial score (nSPS) is 13.9. The first-order valence-corrected chi connectivity index (χ1v) is 10.4. The molecule has 0 spiro atoms. The summed E-state index contributed by atoms with van der Waals surface area (Å²) in [4.78, 5) is 23.3. The number of ether oxygens (including phenoxy) is 2. The van der Waals surface area contributed by atoms with Crippen LogP contribution in [0.25, 0.3) is 11.1 Å². The fourth-order valence-corrected chi connectivity index (χ4v) is 3.66. The number of carbonyl (C=O) groups excluding carboxylic acids is 1. The van der Waals surface area contributed by atoms with Gasteiger partial charge in [0, 0.05) is 12.5 Å². The number of benzene rings is 2. The molecule has 0 unspecified atom stereocenters. The molecule has 0 saturated heterocycles. The monoisotopic (exact) mass is 426 g/mol. The number of hydrogen-bond acceptors (Lipinski definition) is 5. The van der Waals surface area contributed by atoms with E-state index in [1.54, 1.807) is 0 Å². The summed E-state index contributed by atoms with van der Waals surface area (Å²) in [5.74, 6) is -0.982. The molecule has 0 heterocycles. The summed E-state index contributed by atoms with van der Waals surface area (Å²) in [5, 5.41) is 14.4. The smallest absolute Gasteiger partial charge is 0.407 e. The lowest BCUT2D eigenvalue weighted by Gasteiger charge is -2.25. The second-order valence-electron chi connectivity index (χ2n) is 8.61. The summed E-state index contributed by atoms with van der Waals surface area (Å²) < 4.78 is 11.3. The van der Waals surface area contributed by atoms with Crippen LogP contribution in [-0.4, -0.2) is 55.1 Å². The highest BCUT2D eigenvalue weighted by atomic mass is 16.5. The third-order valence-electron chi connectivity index (χ3n) is 5.05. The first-order chi connectivity index (χ1) is 14.7. The first-order valence-electron chi connectivity index (χ1n) is 10.4.